The highest BCUT2D eigenvalue weighted by molar-refractivity contribution is 7.99. The van der Waals surface area contributed by atoms with E-state index in [1.807, 2.05) is 18.2 Å². The van der Waals surface area contributed by atoms with E-state index in [4.69, 9.17) is 0 Å². The second kappa shape index (κ2) is 9.03. The van der Waals surface area contributed by atoms with Crippen molar-refractivity contribution < 1.29 is 4.79 Å². The molecule has 0 saturated heterocycles. The zero-order valence-electron chi connectivity index (χ0n) is 11.3. The summed E-state index contributed by atoms with van der Waals surface area (Å²) >= 11 is 1.67. The van der Waals surface area contributed by atoms with E-state index in [2.05, 4.69) is 31.3 Å². The summed E-state index contributed by atoms with van der Waals surface area (Å²) in [6.45, 7) is 5.16. The summed E-state index contributed by atoms with van der Waals surface area (Å²) in [4.78, 5) is 11.6. The van der Waals surface area contributed by atoms with Gasteiger partial charge < -0.3 is 5.32 Å². The molecule has 0 unspecified atom stereocenters. The average Bonchev–Trinajstić information content (AvgIpc) is 2.41. The third-order valence-electron chi connectivity index (χ3n) is 3.09. The molecule has 1 rings (SSSR count). The van der Waals surface area contributed by atoms with Crippen molar-refractivity contribution in [2.75, 3.05) is 12.3 Å². The van der Waals surface area contributed by atoms with Crippen LogP contribution in [0.4, 0.5) is 0 Å². The smallest absolute Gasteiger partial charge is 0.230 e. The Bertz CT molecular complexity index is 336. The van der Waals surface area contributed by atoms with Crippen LogP contribution in [0.15, 0.2) is 30.3 Å². The first-order valence-corrected chi connectivity index (χ1v) is 7.80. The molecular weight excluding hydrogens is 242 g/mol. The largest absolute Gasteiger partial charge is 0.355 e. The molecule has 0 aliphatic heterocycles. The normalized spacial score (nSPS) is 10.6. The Labute approximate surface area is 115 Å². The van der Waals surface area contributed by atoms with Gasteiger partial charge in [-0.25, -0.2) is 0 Å². The lowest BCUT2D eigenvalue weighted by Gasteiger charge is -2.13. The molecule has 0 aliphatic rings. The summed E-state index contributed by atoms with van der Waals surface area (Å²) in [6, 6.07) is 10.3. The summed E-state index contributed by atoms with van der Waals surface area (Å²) in [5.41, 5.74) is 1.27. The summed E-state index contributed by atoms with van der Waals surface area (Å²) in [6.07, 6.45) is 2.27. The van der Waals surface area contributed by atoms with E-state index in [0.717, 1.165) is 25.1 Å². The minimum Gasteiger partial charge on any atom is -0.355 e. The van der Waals surface area contributed by atoms with Gasteiger partial charge >= 0.3 is 0 Å². The van der Waals surface area contributed by atoms with Crippen molar-refractivity contribution in [2.24, 2.45) is 5.92 Å². The van der Waals surface area contributed by atoms with Gasteiger partial charge in [-0.05, 0) is 11.5 Å². The number of carbonyl (C=O) groups excluding carboxylic acids is 1. The maximum absolute atomic E-state index is 11.6. The van der Waals surface area contributed by atoms with Gasteiger partial charge in [0.15, 0.2) is 0 Å². The Morgan fingerprint density at radius 1 is 1.22 bits per heavy atom. The van der Waals surface area contributed by atoms with Crippen LogP contribution in [-0.2, 0) is 10.5 Å². The van der Waals surface area contributed by atoms with Crippen LogP contribution in [0.1, 0.15) is 32.3 Å². The van der Waals surface area contributed by atoms with E-state index in [1.54, 1.807) is 11.8 Å². The Hall–Kier alpha value is -0.960. The molecule has 18 heavy (non-hydrogen) atoms. The lowest BCUT2D eigenvalue weighted by Crippen LogP contribution is -2.30. The van der Waals surface area contributed by atoms with Crippen molar-refractivity contribution >= 4 is 17.7 Å². The van der Waals surface area contributed by atoms with Crippen LogP contribution >= 0.6 is 11.8 Å². The first-order chi connectivity index (χ1) is 8.76. The molecule has 0 aromatic heterocycles. The van der Waals surface area contributed by atoms with Crippen LogP contribution in [-0.4, -0.2) is 18.2 Å². The van der Waals surface area contributed by atoms with Crippen molar-refractivity contribution in [2.45, 2.75) is 32.4 Å². The summed E-state index contributed by atoms with van der Waals surface area (Å²) in [5.74, 6) is 2.23. The van der Waals surface area contributed by atoms with Gasteiger partial charge in [-0.1, -0.05) is 57.0 Å². The minimum atomic E-state index is 0.155. The highest BCUT2D eigenvalue weighted by Gasteiger charge is 2.06. The quantitative estimate of drug-likeness (QED) is 0.780. The monoisotopic (exact) mass is 265 g/mol. The topological polar surface area (TPSA) is 29.1 Å². The molecule has 0 atom stereocenters. The van der Waals surface area contributed by atoms with Gasteiger partial charge in [0.25, 0.3) is 0 Å². The Balaban J connectivity index is 2.14. The predicted octanol–water partition coefficient (Wildman–Crippen LogP) is 3.47. The molecule has 1 N–H and O–H groups in total. The maximum atomic E-state index is 11.6. The molecule has 0 aliphatic carbocycles. The van der Waals surface area contributed by atoms with Crippen molar-refractivity contribution in [3.63, 3.8) is 0 Å². The molecule has 0 bridgehead atoms. The zero-order valence-corrected chi connectivity index (χ0v) is 12.1. The molecule has 100 valence electrons. The van der Waals surface area contributed by atoms with Crippen molar-refractivity contribution in [3.05, 3.63) is 35.9 Å². The maximum Gasteiger partial charge on any atom is 0.230 e. The predicted molar refractivity (Wildman–Crippen MR) is 79.7 cm³/mol. The first-order valence-electron chi connectivity index (χ1n) is 6.64. The van der Waals surface area contributed by atoms with Gasteiger partial charge in [0.05, 0.1) is 5.75 Å². The molecule has 0 spiro atoms. The van der Waals surface area contributed by atoms with Crippen LogP contribution < -0.4 is 5.32 Å². The highest BCUT2D eigenvalue weighted by atomic mass is 32.2. The summed E-state index contributed by atoms with van der Waals surface area (Å²) < 4.78 is 0. The number of hydrogen-bond acceptors (Lipinski definition) is 2. The number of hydrogen-bond donors (Lipinski definition) is 1. The molecular formula is C15H23NOS. The van der Waals surface area contributed by atoms with Crippen LogP contribution in [0.3, 0.4) is 0 Å². The number of thioether (sulfide) groups is 1. The standard InChI is InChI=1S/C15H23NOS/c1-3-13(4-2)10-16-15(17)12-18-11-14-8-6-5-7-9-14/h5-9,13H,3-4,10-12H2,1-2H3,(H,16,17). The highest BCUT2D eigenvalue weighted by Crippen LogP contribution is 2.11. The van der Waals surface area contributed by atoms with Gasteiger partial charge in [0, 0.05) is 12.3 Å². The molecule has 3 heteroatoms. The van der Waals surface area contributed by atoms with Crippen molar-refractivity contribution in [3.8, 4) is 0 Å². The Morgan fingerprint density at radius 2 is 1.89 bits per heavy atom. The molecule has 0 heterocycles. The van der Waals surface area contributed by atoms with E-state index < -0.39 is 0 Å². The van der Waals surface area contributed by atoms with E-state index in [9.17, 15) is 4.79 Å². The first kappa shape index (κ1) is 15.1. The Morgan fingerprint density at radius 3 is 2.50 bits per heavy atom. The van der Waals surface area contributed by atoms with E-state index in [1.165, 1.54) is 5.56 Å². The fourth-order valence-electron chi connectivity index (χ4n) is 1.72. The Kier molecular flexibility index (Phi) is 7.58. The zero-order chi connectivity index (χ0) is 13.2. The minimum absolute atomic E-state index is 0.155. The number of rotatable bonds is 8. The molecule has 0 saturated carbocycles. The third-order valence-corrected chi connectivity index (χ3v) is 4.09. The van der Waals surface area contributed by atoms with Crippen LogP contribution in [0.25, 0.3) is 0 Å². The van der Waals surface area contributed by atoms with Gasteiger partial charge in [0.2, 0.25) is 5.91 Å². The van der Waals surface area contributed by atoms with Crippen molar-refractivity contribution in [1.82, 2.24) is 5.32 Å². The van der Waals surface area contributed by atoms with Crippen LogP contribution in [0, 0.1) is 5.92 Å². The second-order valence-electron chi connectivity index (χ2n) is 4.46. The van der Waals surface area contributed by atoms with Gasteiger partial charge in [0.1, 0.15) is 0 Å². The lowest BCUT2D eigenvalue weighted by atomic mass is 10.0. The fourth-order valence-corrected chi connectivity index (χ4v) is 2.54. The van der Waals surface area contributed by atoms with Gasteiger partial charge in [-0.2, -0.15) is 0 Å². The van der Waals surface area contributed by atoms with E-state index >= 15 is 0 Å². The molecule has 0 radical (unpaired) electrons. The van der Waals surface area contributed by atoms with E-state index in [-0.39, 0.29) is 5.91 Å². The number of amides is 1. The SMILES string of the molecule is CCC(CC)CNC(=O)CSCc1ccccc1. The molecule has 2 nitrogen and oxygen atoms in total. The van der Waals surface area contributed by atoms with Crippen LogP contribution in [0.2, 0.25) is 0 Å². The number of benzene rings is 1. The van der Waals surface area contributed by atoms with Gasteiger partial charge in [-0.3, -0.25) is 4.79 Å². The third kappa shape index (κ3) is 6.10. The lowest BCUT2D eigenvalue weighted by molar-refractivity contribution is -0.118. The van der Waals surface area contributed by atoms with Gasteiger partial charge in [-0.15, -0.1) is 11.8 Å². The summed E-state index contributed by atoms with van der Waals surface area (Å²) in [5, 5.41) is 3.01. The van der Waals surface area contributed by atoms with Crippen molar-refractivity contribution in [1.29, 1.82) is 0 Å². The summed E-state index contributed by atoms with van der Waals surface area (Å²) in [7, 11) is 0. The van der Waals surface area contributed by atoms with E-state index in [0.29, 0.717) is 11.7 Å². The van der Waals surface area contributed by atoms with Crippen LogP contribution in [0.5, 0.6) is 0 Å². The molecule has 1 aromatic rings. The number of carbonyl (C=O) groups is 1. The average molecular weight is 265 g/mol. The fraction of sp³-hybridized carbons (Fsp3) is 0.533. The number of nitrogens with one attached hydrogen (secondary N) is 1. The second-order valence-corrected chi connectivity index (χ2v) is 5.45. The molecule has 0 fully saturated rings. The molecule has 1 aromatic carbocycles. The molecule has 1 amide bonds.